The second-order valence-electron chi connectivity index (χ2n) is 8.84. The van der Waals surface area contributed by atoms with Crippen LogP contribution in [0.1, 0.15) is 52.2 Å². The maximum atomic E-state index is 5.98. The smallest absolute Gasteiger partial charge is 0.194 e. The average molecular weight is 377 g/mol. The van der Waals surface area contributed by atoms with E-state index < -0.39 is 0 Å². The Balaban J connectivity index is 1.80. The first kappa shape index (κ1) is 20.2. The quantitative estimate of drug-likeness (QED) is 0.632. The SMILES string of the molecule is CCNC(=NCC(c1ccc(C)o1)N1CCOCC1)N1CC(C)(C)C1(C)C. The van der Waals surface area contributed by atoms with E-state index in [2.05, 4.69) is 55.8 Å². The van der Waals surface area contributed by atoms with Crippen LogP contribution in [0.3, 0.4) is 0 Å². The van der Waals surface area contributed by atoms with Crippen LogP contribution in [-0.4, -0.2) is 67.2 Å². The molecule has 2 fully saturated rings. The minimum Gasteiger partial charge on any atom is -0.465 e. The van der Waals surface area contributed by atoms with Crippen molar-refractivity contribution in [3.8, 4) is 0 Å². The zero-order valence-electron chi connectivity index (χ0n) is 17.8. The zero-order valence-corrected chi connectivity index (χ0v) is 17.8. The van der Waals surface area contributed by atoms with Gasteiger partial charge in [0.25, 0.3) is 0 Å². The highest BCUT2D eigenvalue weighted by atomic mass is 16.5. The fourth-order valence-electron chi connectivity index (χ4n) is 3.87. The number of rotatable bonds is 5. The number of ether oxygens (including phenoxy) is 1. The minimum absolute atomic E-state index is 0.0870. The van der Waals surface area contributed by atoms with Crippen molar-refractivity contribution in [1.29, 1.82) is 0 Å². The number of nitrogens with one attached hydrogen (secondary N) is 1. The number of hydrogen-bond donors (Lipinski definition) is 1. The van der Waals surface area contributed by atoms with Crippen molar-refractivity contribution in [2.24, 2.45) is 10.4 Å². The van der Waals surface area contributed by atoms with Gasteiger partial charge in [-0.3, -0.25) is 9.89 Å². The summed E-state index contributed by atoms with van der Waals surface area (Å²) in [7, 11) is 0. The molecule has 1 aromatic rings. The summed E-state index contributed by atoms with van der Waals surface area (Å²) in [6.45, 7) is 19.3. The molecular formula is C21H36N4O2. The fraction of sp³-hybridized carbons (Fsp3) is 0.762. The van der Waals surface area contributed by atoms with Crippen LogP contribution in [0.4, 0.5) is 0 Å². The lowest BCUT2D eigenvalue weighted by Gasteiger charge is -2.62. The molecule has 152 valence electrons. The Morgan fingerprint density at radius 1 is 1.22 bits per heavy atom. The predicted octanol–water partition coefficient (Wildman–Crippen LogP) is 3.05. The average Bonchev–Trinajstić information content (AvgIpc) is 3.06. The topological polar surface area (TPSA) is 53.2 Å². The molecule has 0 radical (unpaired) electrons. The number of furan rings is 1. The summed E-state index contributed by atoms with van der Waals surface area (Å²) in [5, 5.41) is 3.50. The third-order valence-electron chi connectivity index (χ3n) is 6.46. The van der Waals surface area contributed by atoms with Crippen molar-refractivity contribution in [3.05, 3.63) is 23.7 Å². The Kier molecular flexibility index (Phi) is 5.87. The molecule has 0 spiro atoms. The third kappa shape index (κ3) is 4.02. The van der Waals surface area contributed by atoms with Crippen LogP contribution in [0.25, 0.3) is 0 Å². The Hall–Kier alpha value is -1.53. The summed E-state index contributed by atoms with van der Waals surface area (Å²) in [4.78, 5) is 9.88. The molecule has 0 aromatic carbocycles. The number of nitrogens with zero attached hydrogens (tertiary/aromatic N) is 3. The molecule has 6 nitrogen and oxygen atoms in total. The predicted molar refractivity (Wildman–Crippen MR) is 109 cm³/mol. The van der Waals surface area contributed by atoms with E-state index in [1.54, 1.807) is 0 Å². The number of hydrogen-bond acceptors (Lipinski definition) is 4. The number of aryl methyl sites for hydroxylation is 1. The minimum atomic E-state index is 0.0870. The van der Waals surface area contributed by atoms with Gasteiger partial charge in [0.1, 0.15) is 11.5 Å². The molecule has 1 aromatic heterocycles. The highest BCUT2D eigenvalue weighted by molar-refractivity contribution is 5.82. The van der Waals surface area contributed by atoms with E-state index in [9.17, 15) is 0 Å². The molecule has 1 N–H and O–H groups in total. The molecular weight excluding hydrogens is 340 g/mol. The van der Waals surface area contributed by atoms with Crippen LogP contribution in [0.15, 0.2) is 21.5 Å². The van der Waals surface area contributed by atoms with Gasteiger partial charge in [0, 0.05) is 37.1 Å². The first-order valence-electron chi connectivity index (χ1n) is 10.2. The maximum absolute atomic E-state index is 5.98. The lowest BCUT2D eigenvalue weighted by Crippen LogP contribution is -2.72. The molecule has 1 atom stereocenters. The van der Waals surface area contributed by atoms with E-state index in [1.165, 1.54) is 0 Å². The second kappa shape index (κ2) is 7.84. The van der Waals surface area contributed by atoms with Gasteiger partial charge in [-0.1, -0.05) is 13.8 Å². The van der Waals surface area contributed by atoms with E-state index in [0.717, 1.165) is 56.9 Å². The molecule has 2 saturated heterocycles. The highest BCUT2D eigenvalue weighted by Gasteiger charge is 2.53. The monoisotopic (exact) mass is 376 g/mol. The van der Waals surface area contributed by atoms with Gasteiger partial charge in [-0.2, -0.15) is 0 Å². The summed E-state index contributed by atoms with van der Waals surface area (Å²) in [5.41, 5.74) is 0.370. The van der Waals surface area contributed by atoms with Crippen molar-refractivity contribution in [2.45, 2.75) is 53.1 Å². The first-order chi connectivity index (χ1) is 12.8. The van der Waals surface area contributed by atoms with Crippen molar-refractivity contribution in [1.82, 2.24) is 15.1 Å². The Labute approximate surface area is 163 Å². The van der Waals surface area contributed by atoms with E-state index in [4.69, 9.17) is 14.1 Å². The molecule has 0 aliphatic carbocycles. The number of guanidine groups is 1. The van der Waals surface area contributed by atoms with Crippen LogP contribution in [-0.2, 0) is 4.74 Å². The summed E-state index contributed by atoms with van der Waals surface area (Å²) in [6, 6.07) is 4.28. The summed E-state index contributed by atoms with van der Waals surface area (Å²) < 4.78 is 11.5. The van der Waals surface area contributed by atoms with Crippen molar-refractivity contribution in [3.63, 3.8) is 0 Å². The van der Waals surface area contributed by atoms with Crippen molar-refractivity contribution >= 4 is 5.96 Å². The Morgan fingerprint density at radius 2 is 1.93 bits per heavy atom. The van der Waals surface area contributed by atoms with Gasteiger partial charge >= 0.3 is 0 Å². The highest BCUT2D eigenvalue weighted by Crippen LogP contribution is 2.46. The lowest BCUT2D eigenvalue weighted by atomic mass is 9.65. The van der Waals surface area contributed by atoms with Gasteiger partial charge < -0.3 is 19.4 Å². The van der Waals surface area contributed by atoms with E-state index >= 15 is 0 Å². The molecule has 2 aliphatic rings. The van der Waals surface area contributed by atoms with Crippen LogP contribution < -0.4 is 5.32 Å². The molecule has 3 heterocycles. The third-order valence-corrected chi connectivity index (χ3v) is 6.46. The van der Waals surface area contributed by atoms with Crippen molar-refractivity contribution < 1.29 is 9.15 Å². The van der Waals surface area contributed by atoms with Crippen LogP contribution in [0, 0.1) is 12.3 Å². The lowest BCUT2D eigenvalue weighted by molar-refractivity contribution is -0.0669. The second-order valence-corrected chi connectivity index (χ2v) is 8.84. The Bertz CT molecular complexity index is 659. The number of aliphatic imine (C=N–C) groups is 1. The fourth-order valence-corrected chi connectivity index (χ4v) is 3.87. The van der Waals surface area contributed by atoms with Crippen LogP contribution in [0.2, 0.25) is 0 Å². The molecule has 2 aliphatic heterocycles. The molecule has 3 rings (SSSR count). The molecule has 0 amide bonds. The van der Waals surface area contributed by atoms with Crippen molar-refractivity contribution in [2.75, 3.05) is 45.9 Å². The molecule has 6 heteroatoms. The van der Waals surface area contributed by atoms with E-state index in [1.807, 2.05) is 13.0 Å². The van der Waals surface area contributed by atoms with Gasteiger partial charge in [0.2, 0.25) is 0 Å². The molecule has 1 unspecified atom stereocenters. The van der Waals surface area contributed by atoms with Gasteiger partial charge in [-0.25, -0.2) is 0 Å². The van der Waals surface area contributed by atoms with Crippen LogP contribution in [0.5, 0.6) is 0 Å². The van der Waals surface area contributed by atoms with Gasteiger partial charge in [-0.05, 0) is 39.8 Å². The van der Waals surface area contributed by atoms with E-state index in [0.29, 0.717) is 6.54 Å². The molecule has 27 heavy (non-hydrogen) atoms. The van der Waals surface area contributed by atoms with Gasteiger partial charge in [-0.15, -0.1) is 0 Å². The molecule has 0 saturated carbocycles. The summed E-state index contributed by atoms with van der Waals surface area (Å²) >= 11 is 0. The summed E-state index contributed by atoms with van der Waals surface area (Å²) in [5.74, 6) is 2.95. The van der Waals surface area contributed by atoms with Gasteiger partial charge in [0.05, 0.1) is 25.8 Å². The van der Waals surface area contributed by atoms with E-state index in [-0.39, 0.29) is 17.0 Å². The van der Waals surface area contributed by atoms with Gasteiger partial charge in [0.15, 0.2) is 5.96 Å². The molecule has 0 bridgehead atoms. The number of morpholine rings is 1. The van der Waals surface area contributed by atoms with Crippen LogP contribution >= 0.6 is 0 Å². The Morgan fingerprint density at radius 3 is 2.44 bits per heavy atom. The first-order valence-corrected chi connectivity index (χ1v) is 10.2. The zero-order chi connectivity index (χ0) is 19.7. The normalized spacial score (nSPS) is 23.8. The summed E-state index contributed by atoms with van der Waals surface area (Å²) in [6.07, 6.45) is 0. The maximum Gasteiger partial charge on any atom is 0.194 e. The standard InChI is InChI=1S/C21H36N4O2/c1-7-22-19(25-15-20(3,4)21(25,5)6)23-14-17(18-9-8-16(2)27-18)24-10-12-26-13-11-24/h8-9,17H,7,10-15H2,1-6H3,(H,22,23). The number of likely N-dealkylation sites (tertiary alicyclic amines) is 1. The largest absolute Gasteiger partial charge is 0.465 e.